The van der Waals surface area contributed by atoms with Gasteiger partial charge in [-0.15, -0.1) is 5.10 Å². The van der Waals surface area contributed by atoms with Crippen molar-refractivity contribution in [2.45, 2.75) is 6.92 Å². The van der Waals surface area contributed by atoms with Gasteiger partial charge in [0, 0.05) is 11.1 Å². The number of carbonyl (C=O) groups excluding carboxylic acids is 1. The second-order valence-electron chi connectivity index (χ2n) is 7.01. The third kappa shape index (κ3) is 4.74. The number of hydrogen-bond acceptors (Lipinski definition) is 10. The molecule has 0 atom stereocenters. The summed E-state index contributed by atoms with van der Waals surface area (Å²) in [6, 6.07) is 10.0. The maximum atomic E-state index is 13.1. The standard InChI is InChI=1S/C21H18Cl2N8O4/c1-10(11-5-7-15(33-2)16(9-11)34-3)25-27-21(32)17-18(12-4-6-13(22)14(23)8-12)31(30-26-17)20-19(24)28-35-29-20/h4-9H,1-3H3,(H2,24,28)(H,27,32)/b25-10+. The third-order valence-electron chi connectivity index (χ3n) is 4.90. The van der Waals surface area contributed by atoms with Crippen LogP contribution >= 0.6 is 23.2 Å². The van der Waals surface area contributed by atoms with Gasteiger partial charge in [-0.2, -0.15) is 9.78 Å². The van der Waals surface area contributed by atoms with Crippen LogP contribution in [0.4, 0.5) is 5.82 Å². The summed E-state index contributed by atoms with van der Waals surface area (Å²) in [6.45, 7) is 1.72. The van der Waals surface area contributed by atoms with Crippen LogP contribution in [0.2, 0.25) is 10.0 Å². The molecule has 1 amide bonds. The fourth-order valence-electron chi connectivity index (χ4n) is 3.14. The van der Waals surface area contributed by atoms with Crippen molar-refractivity contribution in [1.29, 1.82) is 0 Å². The van der Waals surface area contributed by atoms with Crippen LogP contribution < -0.4 is 20.6 Å². The van der Waals surface area contributed by atoms with Crippen molar-refractivity contribution in [3.05, 3.63) is 57.7 Å². The van der Waals surface area contributed by atoms with Gasteiger partial charge in [0.25, 0.3) is 5.91 Å². The number of nitrogen functional groups attached to an aromatic ring is 1. The minimum atomic E-state index is -0.646. The zero-order chi connectivity index (χ0) is 25.1. The Labute approximate surface area is 208 Å². The fourth-order valence-corrected chi connectivity index (χ4v) is 3.43. The summed E-state index contributed by atoms with van der Waals surface area (Å²) in [5.74, 6) is 0.437. The molecule has 0 unspecified atom stereocenters. The van der Waals surface area contributed by atoms with E-state index >= 15 is 0 Å². The first-order valence-electron chi connectivity index (χ1n) is 9.90. The van der Waals surface area contributed by atoms with E-state index in [2.05, 4.69) is 35.8 Å². The molecule has 0 saturated carbocycles. The molecule has 4 aromatic rings. The molecule has 0 bridgehead atoms. The number of aromatic nitrogens is 5. The number of amides is 1. The minimum Gasteiger partial charge on any atom is -0.493 e. The van der Waals surface area contributed by atoms with Gasteiger partial charge in [0.2, 0.25) is 11.6 Å². The highest BCUT2D eigenvalue weighted by Gasteiger charge is 2.25. The Morgan fingerprint density at radius 2 is 1.86 bits per heavy atom. The number of carbonyl (C=O) groups is 1. The lowest BCUT2D eigenvalue weighted by molar-refractivity contribution is 0.0950. The Kier molecular flexibility index (Phi) is 6.85. The summed E-state index contributed by atoms with van der Waals surface area (Å²) in [6.07, 6.45) is 0. The molecular formula is C21H18Cl2N8O4. The maximum Gasteiger partial charge on any atom is 0.294 e. The highest BCUT2D eigenvalue weighted by molar-refractivity contribution is 6.42. The molecule has 3 N–H and O–H groups in total. The number of benzene rings is 2. The summed E-state index contributed by atoms with van der Waals surface area (Å²) >= 11 is 12.2. The first-order valence-corrected chi connectivity index (χ1v) is 10.7. The molecule has 0 radical (unpaired) electrons. The Balaban J connectivity index is 1.70. The van der Waals surface area contributed by atoms with Crippen LogP contribution in [0.15, 0.2) is 46.1 Å². The number of rotatable bonds is 7. The Morgan fingerprint density at radius 1 is 1.09 bits per heavy atom. The molecule has 0 spiro atoms. The van der Waals surface area contributed by atoms with Crippen LogP contribution in [0.3, 0.4) is 0 Å². The highest BCUT2D eigenvalue weighted by atomic mass is 35.5. The largest absolute Gasteiger partial charge is 0.493 e. The molecule has 4 rings (SSSR count). The molecule has 0 aliphatic carbocycles. The zero-order valence-corrected chi connectivity index (χ0v) is 20.1. The van der Waals surface area contributed by atoms with Crippen molar-refractivity contribution in [2.75, 3.05) is 20.0 Å². The molecule has 2 aromatic heterocycles. The number of ether oxygens (including phenoxy) is 2. The molecule has 180 valence electrons. The van der Waals surface area contributed by atoms with Gasteiger partial charge in [-0.3, -0.25) is 4.79 Å². The van der Waals surface area contributed by atoms with Crippen LogP contribution in [-0.2, 0) is 0 Å². The number of nitrogens with zero attached hydrogens (tertiary/aromatic N) is 6. The number of nitrogens with one attached hydrogen (secondary N) is 1. The Morgan fingerprint density at radius 3 is 2.51 bits per heavy atom. The van der Waals surface area contributed by atoms with Crippen LogP contribution in [0, 0.1) is 0 Å². The predicted octanol–water partition coefficient (Wildman–Crippen LogP) is 3.38. The molecular weight excluding hydrogens is 499 g/mol. The molecule has 0 aliphatic rings. The Hall–Kier alpha value is -4.16. The number of halogens is 2. The topological polar surface area (TPSA) is 156 Å². The van der Waals surface area contributed by atoms with E-state index in [-0.39, 0.29) is 28.0 Å². The quantitative estimate of drug-likeness (QED) is 0.277. The lowest BCUT2D eigenvalue weighted by Crippen LogP contribution is -2.21. The van der Waals surface area contributed by atoms with Gasteiger partial charge in [0.05, 0.1) is 30.0 Å². The van der Waals surface area contributed by atoms with Crippen LogP contribution in [-0.4, -0.2) is 51.1 Å². The van der Waals surface area contributed by atoms with Crippen molar-refractivity contribution in [2.24, 2.45) is 5.10 Å². The van der Waals surface area contributed by atoms with Gasteiger partial charge in [-0.25, -0.2) is 10.1 Å². The van der Waals surface area contributed by atoms with Gasteiger partial charge in [0.15, 0.2) is 17.2 Å². The van der Waals surface area contributed by atoms with Crippen molar-refractivity contribution in [3.8, 4) is 28.6 Å². The van der Waals surface area contributed by atoms with Crippen molar-refractivity contribution < 1.29 is 18.9 Å². The first kappa shape index (κ1) is 24.0. The van der Waals surface area contributed by atoms with E-state index in [4.69, 9.17) is 38.4 Å². The van der Waals surface area contributed by atoms with Crippen molar-refractivity contribution in [3.63, 3.8) is 0 Å². The summed E-state index contributed by atoms with van der Waals surface area (Å²) in [5, 5.41) is 20.1. The number of methoxy groups -OCH3 is 2. The van der Waals surface area contributed by atoms with E-state index in [9.17, 15) is 4.79 Å². The lowest BCUT2D eigenvalue weighted by Gasteiger charge is -2.09. The Bertz CT molecular complexity index is 1430. The normalized spacial score (nSPS) is 11.4. The second kappa shape index (κ2) is 9.99. The fraction of sp³-hybridized carbons (Fsp3) is 0.143. The van der Waals surface area contributed by atoms with E-state index < -0.39 is 5.91 Å². The molecule has 2 heterocycles. The molecule has 0 saturated heterocycles. The monoisotopic (exact) mass is 516 g/mol. The smallest absolute Gasteiger partial charge is 0.294 e. The summed E-state index contributed by atoms with van der Waals surface area (Å²) < 4.78 is 16.4. The molecule has 14 heteroatoms. The minimum absolute atomic E-state index is 0.0441. The van der Waals surface area contributed by atoms with Gasteiger partial charge in [0.1, 0.15) is 5.69 Å². The predicted molar refractivity (Wildman–Crippen MR) is 128 cm³/mol. The van der Waals surface area contributed by atoms with E-state index in [1.165, 1.54) is 11.8 Å². The van der Waals surface area contributed by atoms with E-state index in [1.54, 1.807) is 50.4 Å². The number of hydrogen-bond donors (Lipinski definition) is 2. The first-order chi connectivity index (χ1) is 16.8. The summed E-state index contributed by atoms with van der Waals surface area (Å²) in [4.78, 5) is 13.1. The van der Waals surface area contributed by atoms with Crippen molar-refractivity contribution in [1.82, 2.24) is 30.7 Å². The SMILES string of the molecule is COc1ccc(/C(C)=N/NC(=O)c2nnn(-c3nonc3N)c2-c2ccc(Cl)c(Cl)c2)cc1OC. The molecule has 12 nitrogen and oxygen atoms in total. The number of hydrazone groups is 1. The van der Waals surface area contributed by atoms with E-state index in [0.717, 1.165) is 0 Å². The van der Waals surface area contributed by atoms with Crippen molar-refractivity contribution >= 4 is 40.6 Å². The highest BCUT2D eigenvalue weighted by Crippen LogP contribution is 2.32. The van der Waals surface area contributed by atoms with Gasteiger partial charge < -0.3 is 15.2 Å². The van der Waals surface area contributed by atoms with Crippen LogP contribution in [0.25, 0.3) is 17.1 Å². The maximum absolute atomic E-state index is 13.1. The molecule has 35 heavy (non-hydrogen) atoms. The average molecular weight is 517 g/mol. The molecule has 2 aromatic carbocycles. The van der Waals surface area contributed by atoms with Gasteiger partial charge in [-0.1, -0.05) is 34.5 Å². The average Bonchev–Trinajstić information content (AvgIpc) is 3.49. The molecule has 0 aliphatic heterocycles. The molecule has 0 fully saturated rings. The second-order valence-corrected chi connectivity index (χ2v) is 7.82. The number of anilines is 1. The van der Waals surface area contributed by atoms with Gasteiger partial charge >= 0.3 is 0 Å². The van der Waals surface area contributed by atoms with Crippen LogP contribution in [0.1, 0.15) is 23.0 Å². The van der Waals surface area contributed by atoms with E-state index in [1.807, 2.05) is 0 Å². The summed E-state index contributed by atoms with van der Waals surface area (Å²) in [7, 11) is 3.07. The third-order valence-corrected chi connectivity index (χ3v) is 5.64. The van der Waals surface area contributed by atoms with Gasteiger partial charge in [-0.05, 0) is 47.6 Å². The lowest BCUT2D eigenvalue weighted by atomic mass is 10.1. The zero-order valence-electron chi connectivity index (χ0n) is 18.6. The van der Waals surface area contributed by atoms with Crippen LogP contribution in [0.5, 0.6) is 11.5 Å². The van der Waals surface area contributed by atoms with E-state index in [0.29, 0.717) is 33.4 Å². The number of nitrogens with two attached hydrogens (primary N) is 1. The summed E-state index contributed by atoms with van der Waals surface area (Å²) in [5.41, 5.74) is 10.1.